The molecule has 6 aliphatic rings. The number of ketones is 1. The lowest BCUT2D eigenvalue weighted by molar-refractivity contribution is -0.465. The van der Waals surface area contributed by atoms with Crippen molar-refractivity contribution < 1.29 is 35.1 Å². The van der Waals surface area contributed by atoms with Gasteiger partial charge in [-0.1, -0.05) is 20.4 Å². The van der Waals surface area contributed by atoms with Crippen molar-refractivity contribution in [3.8, 4) is 0 Å². The van der Waals surface area contributed by atoms with Crippen LogP contribution in [0.2, 0.25) is 0 Å². The van der Waals surface area contributed by atoms with E-state index in [0.717, 1.165) is 0 Å². The zero-order valence-electron chi connectivity index (χ0n) is 15.6. The second-order valence-electron chi connectivity index (χ2n) is 10.1. The van der Waals surface area contributed by atoms with Crippen molar-refractivity contribution in [2.24, 2.45) is 34.0 Å². The largest absolute Gasteiger partial charge is 0.393 e. The van der Waals surface area contributed by atoms with E-state index >= 15 is 0 Å². The van der Waals surface area contributed by atoms with E-state index in [0.29, 0.717) is 12.8 Å². The summed E-state index contributed by atoms with van der Waals surface area (Å²) in [6, 6.07) is 0. The number of hydrogen-bond donors (Lipinski definition) is 5. The van der Waals surface area contributed by atoms with Gasteiger partial charge in [-0.3, -0.25) is 4.79 Å². The number of rotatable bonds is 0. The Balaban J connectivity index is 1.84. The first-order valence-electron chi connectivity index (χ1n) is 9.80. The maximum absolute atomic E-state index is 13.4. The van der Waals surface area contributed by atoms with Gasteiger partial charge in [-0.05, 0) is 30.3 Å². The Hall–Kier alpha value is -0.830. The zero-order chi connectivity index (χ0) is 19.7. The van der Waals surface area contributed by atoms with E-state index in [9.17, 15) is 30.3 Å². The Labute approximate surface area is 157 Å². The molecule has 2 spiro atoms. The van der Waals surface area contributed by atoms with Crippen molar-refractivity contribution in [1.82, 2.24) is 0 Å². The summed E-state index contributed by atoms with van der Waals surface area (Å²) in [6.45, 7) is 7.67. The summed E-state index contributed by atoms with van der Waals surface area (Å²) in [5.41, 5.74) is -3.33. The standard InChI is InChI=1S/C20H28O7/c1-8-9-6-10(21)12-18-7-27-20(26,19(12,14(8)23)15(9)24)16(25)13(18)17(2,3)5-4-11(18)22/h9-13,15-16,21-22,24-26H,1,4-7H2,2-3H3/t9-,10-,11-,12-,13+,15+,16-,18-,19-,20+/m0/s1. The van der Waals surface area contributed by atoms with Gasteiger partial charge in [0.1, 0.15) is 11.5 Å². The Morgan fingerprint density at radius 1 is 1.11 bits per heavy atom. The highest BCUT2D eigenvalue weighted by Crippen LogP contribution is 2.76. The first kappa shape index (κ1) is 18.2. The molecule has 2 aliphatic heterocycles. The van der Waals surface area contributed by atoms with Crippen molar-refractivity contribution in [3.05, 3.63) is 12.2 Å². The average Bonchev–Trinajstić information content (AvgIpc) is 2.71. The van der Waals surface area contributed by atoms with Crippen LogP contribution in [0.25, 0.3) is 0 Å². The molecule has 27 heavy (non-hydrogen) atoms. The first-order valence-corrected chi connectivity index (χ1v) is 9.80. The molecule has 0 aromatic rings. The molecule has 6 rings (SSSR count). The van der Waals surface area contributed by atoms with Gasteiger partial charge >= 0.3 is 0 Å². The van der Waals surface area contributed by atoms with Crippen LogP contribution in [-0.2, 0) is 9.53 Å². The molecule has 4 saturated carbocycles. The van der Waals surface area contributed by atoms with Crippen molar-refractivity contribution in [3.63, 3.8) is 0 Å². The third-order valence-electron chi connectivity index (χ3n) is 8.87. The zero-order valence-corrected chi connectivity index (χ0v) is 15.6. The summed E-state index contributed by atoms with van der Waals surface area (Å²) in [4.78, 5) is 13.4. The maximum Gasteiger partial charge on any atom is 0.208 e. The Morgan fingerprint density at radius 3 is 2.44 bits per heavy atom. The van der Waals surface area contributed by atoms with E-state index < -0.39 is 70.0 Å². The Kier molecular flexibility index (Phi) is 3.26. The molecule has 0 unspecified atom stereocenters. The Bertz CT molecular complexity index is 749. The molecule has 4 aliphatic carbocycles. The third-order valence-corrected chi connectivity index (χ3v) is 8.87. The van der Waals surface area contributed by atoms with Gasteiger partial charge in [0, 0.05) is 23.2 Å². The fraction of sp³-hybridized carbons (Fsp3) is 0.850. The van der Waals surface area contributed by atoms with Crippen LogP contribution in [-0.4, -0.2) is 68.1 Å². The number of aliphatic hydroxyl groups excluding tert-OH is 4. The van der Waals surface area contributed by atoms with E-state index in [1.807, 2.05) is 13.8 Å². The minimum atomic E-state index is -2.33. The maximum atomic E-state index is 13.4. The Morgan fingerprint density at radius 2 is 1.78 bits per heavy atom. The quantitative estimate of drug-likeness (QED) is 0.353. The molecule has 150 valence electrons. The van der Waals surface area contributed by atoms with E-state index in [2.05, 4.69) is 6.58 Å². The van der Waals surface area contributed by atoms with Gasteiger partial charge in [0.25, 0.3) is 0 Å². The fourth-order valence-corrected chi connectivity index (χ4v) is 7.93. The molecule has 2 heterocycles. The van der Waals surface area contributed by atoms with E-state index in [1.165, 1.54) is 0 Å². The number of carbonyl (C=O) groups excluding carboxylic acids is 1. The summed E-state index contributed by atoms with van der Waals surface area (Å²) in [7, 11) is 0. The van der Waals surface area contributed by atoms with Crippen LogP contribution in [0.3, 0.4) is 0 Å². The highest BCUT2D eigenvalue weighted by Gasteiger charge is 2.88. The minimum Gasteiger partial charge on any atom is -0.393 e. The number of fused-ring (bicyclic) bond motifs is 2. The molecule has 0 amide bonds. The minimum absolute atomic E-state index is 0.0730. The van der Waals surface area contributed by atoms with Crippen molar-refractivity contribution in [2.75, 3.05) is 6.61 Å². The summed E-state index contributed by atoms with van der Waals surface area (Å²) < 4.78 is 5.74. The predicted octanol–water partition coefficient (Wildman–Crippen LogP) is -0.654. The van der Waals surface area contributed by atoms with Crippen molar-refractivity contribution in [2.45, 2.75) is 63.3 Å². The molecule has 2 saturated heterocycles. The van der Waals surface area contributed by atoms with Crippen LogP contribution < -0.4 is 0 Å². The molecule has 0 aromatic heterocycles. The molecular weight excluding hydrogens is 352 g/mol. The summed E-state index contributed by atoms with van der Waals surface area (Å²) in [6.07, 6.45) is -3.51. The molecule has 5 N–H and O–H groups in total. The van der Waals surface area contributed by atoms with Gasteiger partial charge in [-0.15, -0.1) is 0 Å². The van der Waals surface area contributed by atoms with E-state index in [4.69, 9.17) is 4.74 Å². The summed E-state index contributed by atoms with van der Waals surface area (Å²) >= 11 is 0. The number of ether oxygens (including phenoxy) is 1. The molecule has 7 nitrogen and oxygen atoms in total. The van der Waals surface area contributed by atoms with E-state index in [1.54, 1.807) is 0 Å². The lowest BCUT2D eigenvalue weighted by Gasteiger charge is -2.75. The lowest BCUT2D eigenvalue weighted by Crippen LogP contribution is -2.87. The average molecular weight is 380 g/mol. The van der Waals surface area contributed by atoms with Crippen LogP contribution >= 0.6 is 0 Å². The van der Waals surface area contributed by atoms with Gasteiger partial charge in [0.05, 0.1) is 24.9 Å². The molecule has 10 atom stereocenters. The SMILES string of the molecule is C=C1C(=O)[C@]23[C@H](O)[C@H]1C[C@H](O)[C@H]2[C@@]12CO[C@]3(O)[C@@H](O)[C@@H]1C(C)(C)CC[C@@H]2O. The topological polar surface area (TPSA) is 127 Å². The predicted molar refractivity (Wildman–Crippen MR) is 92.0 cm³/mol. The van der Waals surface area contributed by atoms with Crippen LogP contribution in [0, 0.1) is 34.0 Å². The van der Waals surface area contributed by atoms with Gasteiger partial charge in [0.15, 0.2) is 5.78 Å². The second kappa shape index (κ2) is 4.83. The van der Waals surface area contributed by atoms with Gasteiger partial charge in [-0.2, -0.15) is 0 Å². The number of Topliss-reactive ketones (excluding diaryl/α,β-unsaturated/α-hetero) is 1. The third kappa shape index (κ3) is 1.56. The van der Waals surface area contributed by atoms with Gasteiger partial charge < -0.3 is 30.3 Å². The van der Waals surface area contributed by atoms with Crippen molar-refractivity contribution in [1.29, 1.82) is 0 Å². The van der Waals surface area contributed by atoms with Crippen LogP contribution in [0.5, 0.6) is 0 Å². The van der Waals surface area contributed by atoms with Crippen LogP contribution in [0.4, 0.5) is 0 Å². The highest BCUT2D eigenvalue weighted by atomic mass is 16.6. The van der Waals surface area contributed by atoms with Crippen molar-refractivity contribution >= 4 is 5.78 Å². The second-order valence-corrected chi connectivity index (χ2v) is 10.1. The molecule has 6 fully saturated rings. The molecule has 0 aromatic carbocycles. The van der Waals surface area contributed by atoms with Gasteiger partial charge in [-0.25, -0.2) is 0 Å². The number of hydrogen-bond acceptors (Lipinski definition) is 7. The smallest absolute Gasteiger partial charge is 0.208 e. The van der Waals surface area contributed by atoms with Gasteiger partial charge in [0.2, 0.25) is 5.79 Å². The molecule has 4 bridgehead atoms. The van der Waals surface area contributed by atoms with E-state index in [-0.39, 0.29) is 18.6 Å². The highest BCUT2D eigenvalue weighted by molar-refractivity contribution is 6.05. The van der Waals surface area contributed by atoms with Crippen LogP contribution in [0.1, 0.15) is 33.1 Å². The molecular formula is C20H28O7. The first-order chi connectivity index (χ1) is 12.5. The summed E-state index contributed by atoms with van der Waals surface area (Å²) in [5.74, 6) is -5.07. The monoisotopic (exact) mass is 380 g/mol. The van der Waals surface area contributed by atoms with Crippen LogP contribution in [0.15, 0.2) is 12.2 Å². The summed E-state index contributed by atoms with van der Waals surface area (Å²) in [5, 5.41) is 56.3. The normalized spacial score (nSPS) is 60.9. The molecule has 0 radical (unpaired) electrons. The lowest BCUT2D eigenvalue weighted by atomic mass is 9.35. The number of carbonyl (C=O) groups is 1. The fourth-order valence-electron chi connectivity index (χ4n) is 7.93. The number of aliphatic hydroxyl groups is 5. The molecule has 7 heteroatoms.